The van der Waals surface area contributed by atoms with E-state index in [1.54, 1.807) is 4.90 Å². The van der Waals surface area contributed by atoms with Gasteiger partial charge in [-0.25, -0.2) is 4.68 Å². The first-order valence-electron chi connectivity index (χ1n) is 6.79. The second-order valence-electron chi connectivity index (χ2n) is 6.01. The van der Waals surface area contributed by atoms with Gasteiger partial charge in [0.15, 0.2) is 5.69 Å². The predicted octanol–water partition coefficient (Wildman–Crippen LogP) is 1.01. The second kappa shape index (κ2) is 5.60. The normalized spacial score (nSPS) is 18.6. The first kappa shape index (κ1) is 14.5. The molecule has 1 saturated heterocycles. The van der Waals surface area contributed by atoms with Gasteiger partial charge in [0.05, 0.1) is 6.20 Å². The Bertz CT molecular complexity index is 509. The molecule has 7 heteroatoms. The minimum Gasteiger partial charge on any atom is -0.480 e. The number of carbonyl (C=O) groups is 2. The van der Waals surface area contributed by atoms with Crippen molar-refractivity contribution in [1.82, 2.24) is 19.9 Å². The van der Waals surface area contributed by atoms with E-state index in [1.807, 2.05) is 0 Å². The molecule has 2 rings (SSSR count). The molecule has 7 nitrogen and oxygen atoms in total. The number of amides is 1. The van der Waals surface area contributed by atoms with Crippen molar-refractivity contribution < 1.29 is 14.7 Å². The number of nitrogens with zero attached hydrogens (tertiary/aromatic N) is 4. The van der Waals surface area contributed by atoms with E-state index in [-0.39, 0.29) is 23.6 Å². The molecule has 2 heterocycles. The standard InChI is InChI=1S/C13H20N4O3/c1-13(2)4-3-6-16(7-5-13)12(20)10-8-17(15-14-10)9-11(18)19/h8H,3-7,9H2,1-2H3,(H,18,19). The zero-order valence-corrected chi connectivity index (χ0v) is 11.9. The first-order chi connectivity index (χ1) is 9.37. The molecule has 1 aliphatic heterocycles. The number of likely N-dealkylation sites (tertiary alicyclic amines) is 1. The maximum absolute atomic E-state index is 12.3. The Morgan fingerprint density at radius 3 is 2.80 bits per heavy atom. The van der Waals surface area contributed by atoms with Crippen LogP contribution in [0.4, 0.5) is 0 Å². The van der Waals surface area contributed by atoms with Crippen LogP contribution in [0.1, 0.15) is 43.6 Å². The number of aliphatic carboxylic acids is 1. The third-order valence-corrected chi connectivity index (χ3v) is 3.68. The Hall–Kier alpha value is -1.92. The molecule has 1 fully saturated rings. The maximum Gasteiger partial charge on any atom is 0.325 e. The number of hydrogen-bond donors (Lipinski definition) is 1. The van der Waals surface area contributed by atoms with Crippen LogP contribution in [-0.2, 0) is 11.3 Å². The molecule has 0 spiro atoms. The van der Waals surface area contributed by atoms with Crippen LogP contribution in [0.3, 0.4) is 0 Å². The maximum atomic E-state index is 12.3. The molecule has 0 saturated carbocycles. The highest BCUT2D eigenvalue weighted by molar-refractivity contribution is 5.92. The smallest absolute Gasteiger partial charge is 0.325 e. The number of carboxylic acid groups (broad SMARTS) is 1. The largest absolute Gasteiger partial charge is 0.480 e. The van der Waals surface area contributed by atoms with Gasteiger partial charge >= 0.3 is 5.97 Å². The Labute approximate surface area is 117 Å². The summed E-state index contributed by atoms with van der Waals surface area (Å²) in [6.45, 7) is 5.56. The van der Waals surface area contributed by atoms with Crippen LogP contribution in [0.15, 0.2) is 6.20 Å². The quantitative estimate of drug-likeness (QED) is 0.892. The zero-order valence-electron chi connectivity index (χ0n) is 11.9. The van der Waals surface area contributed by atoms with Crippen LogP contribution in [0.2, 0.25) is 0 Å². The molecule has 1 aliphatic rings. The lowest BCUT2D eigenvalue weighted by molar-refractivity contribution is -0.137. The summed E-state index contributed by atoms with van der Waals surface area (Å²) in [4.78, 5) is 24.7. The molecule has 1 aromatic heterocycles. The highest BCUT2D eigenvalue weighted by Gasteiger charge is 2.27. The van der Waals surface area contributed by atoms with Crippen LogP contribution in [-0.4, -0.2) is 50.0 Å². The van der Waals surface area contributed by atoms with Crippen LogP contribution in [0, 0.1) is 5.41 Å². The Balaban J connectivity index is 2.03. The molecule has 0 bridgehead atoms. The van der Waals surface area contributed by atoms with E-state index in [0.717, 1.165) is 23.9 Å². The van der Waals surface area contributed by atoms with E-state index < -0.39 is 5.97 Å². The lowest BCUT2D eigenvalue weighted by Crippen LogP contribution is -2.32. The van der Waals surface area contributed by atoms with Gasteiger partial charge in [-0.1, -0.05) is 19.1 Å². The molecule has 1 N–H and O–H groups in total. The third kappa shape index (κ3) is 3.55. The number of aromatic nitrogens is 3. The van der Waals surface area contributed by atoms with Crippen molar-refractivity contribution in [2.75, 3.05) is 13.1 Å². The molecule has 0 aromatic carbocycles. The molecule has 0 radical (unpaired) electrons. The summed E-state index contributed by atoms with van der Waals surface area (Å²) in [5.74, 6) is -1.18. The second-order valence-corrected chi connectivity index (χ2v) is 6.01. The van der Waals surface area contributed by atoms with Gasteiger partial charge < -0.3 is 10.0 Å². The van der Waals surface area contributed by atoms with Gasteiger partial charge in [-0.2, -0.15) is 0 Å². The van der Waals surface area contributed by atoms with Crippen molar-refractivity contribution in [2.24, 2.45) is 5.41 Å². The van der Waals surface area contributed by atoms with Crippen LogP contribution >= 0.6 is 0 Å². The molecule has 0 atom stereocenters. The fourth-order valence-electron chi connectivity index (χ4n) is 2.40. The SMILES string of the molecule is CC1(C)CCCN(C(=O)c2cn(CC(=O)O)nn2)CC1. The van der Waals surface area contributed by atoms with Gasteiger partial charge in [0.2, 0.25) is 0 Å². The summed E-state index contributed by atoms with van der Waals surface area (Å²) >= 11 is 0. The Kier molecular flexibility index (Phi) is 4.06. The van der Waals surface area contributed by atoms with Crippen molar-refractivity contribution >= 4 is 11.9 Å². The lowest BCUT2D eigenvalue weighted by Gasteiger charge is -2.22. The van der Waals surface area contributed by atoms with E-state index in [9.17, 15) is 9.59 Å². The molecular weight excluding hydrogens is 260 g/mol. The highest BCUT2D eigenvalue weighted by atomic mass is 16.4. The average molecular weight is 280 g/mol. The van der Waals surface area contributed by atoms with Crippen LogP contribution in [0.25, 0.3) is 0 Å². The number of carboxylic acids is 1. The fraction of sp³-hybridized carbons (Fsp3) is 0.692. The third-order valence-electron chi connectivity index (χ3n) is 3.68. The van der Waals surface area contributed by atoms with Crippen molar-refractivity contribution in [3.05, 3.63) is 11.9 Å². The van der Waals surface area contributed by atoms with E-state index in [4.69, 9.17) is 5.11 Å². The molecule has 110 valence electrons. The Morgan fingerprint density at radius 2 is 2.10 bits per heavy atom. The van der Waals surface area contributed by atoms with Crippen LogP contribution in [0.5, 0.6) is 0 Å². The van der Waals surface area contributed by atoms with Gasteiger partial charge in [-0.15, -0.1) is 5.10 Å². The Morgan fingerprint density at radius 1 is 1.35 bits per heavy atom. The minimum atomic E-state index is -1.01. The molecular formula is C13H20N4O3. The molecule has 1 amide bonds. The van der Waals surface area contributed by atoms with Gasteiger partial charge in [0.1, 0.15) is 6.54 Å². The monoisotopic (exact) mass is 280 g/mol. The van der Waals surface area contributed by atoms with E-state index in [0.29, 0.717) is 13.1 Å². The van der Waals surface area contributed by atoms with Gasteiger partial charge in [-0.3, -0.25) is 9.59 Å². The first-order valence-corrected chi connectivity index (χ1v) is 6.79. The molecule has 1 aromatic rings. The molecule has 20 heavy (non-hydrogen) atoms. The van der Waals surface area contributed by atoms with Crippen LogP contribution < -0.4 is 0 Å². The fourth-order valence-corrected chi connectivity index (χ4v) is 2.40. The lowest BCUT2D eigenvalue weighted by atomic mass is 9.85. The van der Waals surface area contributed by atoms with E-state index in [2.05, 4.69) is 24.2 Å². The number of hydrogen-bond acceptors (Lipinski definition) is 4. The van der Waals surface area contributed by atoms with Gasteiger partial charge in [0, 0.05) is 13.1 Å². The molecule has 0 unspecified atom stereocenters. The summed E-state index contributed by atoms with van der Waals surface area (Å²) in [5, 5.41) is 16.1. The number of rotatable bonds is 3. The summed E-state index contributed by atoms with van der Waals surface area (Å²) in [5.41, 5.74) is 0.474. The van der Waals surface area contributed by atoms with Crippen molar-refractivity contribution in [1.29, 1.82) is 0 Å². The number of carbonyl (C=O) groups excluding carboxylic acids is 1. The minimum absolute atomic E-state index is 0.167. The van der Waals surface area contributed by atoms with Crippen molar-refractivity contribution in [3.8, 4) is 0 Å². The summed E-state index contributed by atoms with van der Waals surface area (Å²) in [6, 6.07) is 0. The van der Waals surface area contributed by atoms with Gasteiger partial charge in [0.25, 0.3) is 5.91 Å². The predicted molar refractivity (Wildman–Crippen MR) is 71.2 cm³/mol. The van der Waals surface area contributed by atoms with E-state index >= 15 is 0 Å². The van der Waals surface area contributed by atoms with E-state index in [1.165, 1.54) is 6.20 Å². The highest BCUT2D eigenvalue weighted by Crippen LogP contribution is 2.30. The topological polar surface area (TPSA) is 88.3 Å². The summed E-state index contributed by atoms with van der Waals surface area (Å²) < 4.78 is 1.16. The van der Waals surface area contributed by atoms with Crippen molar-refractivity contribution in [3.63, 3.8) is 0 Å². The van der Waals surface area contributed by atoms with Crippen molar-refractivity contribution in [2.45, 2.75) is 39.7 Å². The summed E-state index contributed by atoms with van der Waals surface area (Å²) in [6.07, 6.45) is 4.43. The zero-order chi connectivity index (χ0) is 14.8. The summed E-state index contributed by atoms with van der Waals surface area (Å²) in [7, 11) is 0. The average Bonchev–Trinajstić information content (AvgIpc) is 2.72. The van der Waals surface area contributed by atoms with Gasteiger partial charge in [-0.05, 0) is 24.7 Å². The molecule has 0 aliphatic carbocycles.